The number of fused-ring (bicyclic) bond motifs is 4. The van der Waals surface area contributed by atoms with Gasteiger partial charge in [-0.15, -0.1) is 0 Å². The van der Waals surface area contributed by atoms with Gasteiger partial charge in [-0.1, -0.05) is 30.3 Å². The summed E-state index contributed by atoms with van der Waals surface area (Å²) < 4.78 is 1.64. The van der Waals surface area contributed by atoms with Gasteiger partial charge in [0, 0.05) is 37.8 Å². The number of carbonyl (C=O) groups excluding carboxylic acids is 1. The zero-order valence-electron chi connectivity index (χ0n) is 17.2. The van der Waals surface area contributed by atoms with Gasteiger partial charge in [-0.2, -0.15) is 5.10 Å². The van der Waals surface area contributed by atoms with Crippen molar-refractivity contribution in [2.75, 3.05) is 25.4 Å². The van der Waals surface area contributed by atoms with Crippen molar-refractivity contribution >= 4 is 11.7 Å². The van der Waals surface area contributed by atoms with Crippen LogP contribution in [0.3, 0.4) is 0 Å². The van der Waals surface area contributed by atoms with E-state index in [1.165, 1.54) is 31.2 Å². The van der Waals surface area contributed by atoms with Gasteiger partial charge in [0.2, 0.25) is 5.91 Å². The van der Waals surface area contributed by atoms with Crippen molar-refractivity contribution in [2.45, 2.75) is 51.2 Å². The van der Waals surface area contributed by atoms with Crippen LogP contribution in [0.2, 0.25) is 0 Å². The maximum absolute atomic E-state index is 13.0. The minimum Gasteiger partial charge on any atom is -0.384 e. The van der Waals surface area contributed by atoms with Gasteiger partial charge in [0.05, 0.1) is 5.69 Å². The molecule has 3 aliphatic heterocycles. The van der Waals surface area contributed by atoms with Crippen LogP contribution in [0.15, 0.2) is 36.4 Å². The van der Waals surface area contributed by atoms with E-state index in [9.17, 15) is 4.79 Å². The number of amides is 1. The van der Waals surface area contributed by atoms with E-state index < -0.39 is 0 Å². The Labute approximate surface area is 172 Å². The van der Waals surface area contributed by atoms with Gasteiger partial charge in [-0.25, -0.2) is 4.68 Å². The molecule has 1 amide bonds. The smallest absolute Gasteiger partial charge is 0.244 e. The van der Waals surface area contributed by atoms with Crippen molar-refractivity contribution in [1.29, 1.82) is 0 Å². The molecule has 0 radical (unpaired) electrons. The lowest BCUT2D eigenvalue weighted by Gasteiger charge is -2.55. The molecule has 0 aliphatic carbocycles. The lowest BCUT2D eigenvalue weighted by Crippen LogP contribution is -2.60. The molecule has 0 unspecified atom stereocenters. The van der Waals surface area contributed by atoms with E-state index >= 15 is 0 Å². The molecule has 1 aromatic heterocycles. The molecule has 5 rings (SSSR count). The van der Waals surface area contributed by atoms with Crippen molar-refractivity contribution in [3.63, 3.8) is 0 Å². The van der Waals surface area contributed by atoms with Crippen molar-refractivity contribution in [2.24, 2.45) is 11.8 Å². The summed E-state index contributed by atoms with van der Waals surface area (Å²) in [6.45, 7) is 5.00. The van der Waals surface area contributed by atoms with Crippen LogP contribution >= 0.6 is 0 Å². The lowest BCUT2D eigenvalue weighted by atomic mass is 9.74. The first kappa shape index (κ1) is 18.7. The highest BCUT2D eigenvalue weighted by Gasteiger charge is 2.45. The fraction of sp³-hybridized carbons (Fsp3) is 0.565. The number of hydrogen-bond donors (Lipinski definition) is 1. The van der Waals surface area contributed by atoms with Gasteiger partial charge in [-0.3, -0.25) is 9.69 Å². The molecule has 2 N–H and O–H groups in total. The number of anilines is 1. The van der Waals surface area contributed by atoms with Gasteiger partial charge in [0.25, 0.3) is 0 Å². The van der Waals surface area contributed by atoms with Crippen LogP contribution in [0.1, 0.15) is 43.0 Å². The van der Waals surface area contributed by atoms with Crippen LogP contribution in [0, 0.1) is 18.8 Å². The second-order valence-corrected chi connectivity index (χ2v) is 9.15. The van der Waals surface area contributed by atoms with Crippen LogP contribution < -0.4 is 5.73 Å². The summed E-state index contributed by atoms with van der Waals surface area (Å²) >= 11 is 0. The van der Waals surface area contributed by atoms with E-state index in [2.05, 4.69) is 45.2 Å². The maximum atomic E-state index is 13.0. The number of aryl methyl sites for hydroxylation is 1. The highest BCUT2D eigenvalue weighted by molar-refractivity contribution is 5.76. The second kappa shape index (κ2) is 7.48. The number of nitrogen functional groups attached to an aromatic ring is 1. The van der Waals surface area contributed by atoms with Crippen LogP contribution in [-0.2, 0) is 11.3 Å². The molecule has 3 saturated heterocycles. The molecular weight excluding hydrogens is 362 g/mol. The number of aromatic nitrogens is 2. The molecule has 2 aromatic rings. The Kier molecular flexibility index (Phi) is 4.82. The molecular formula is C23H31N5O. The molecule has 154 valence electrons. The van der Waals surface area contributed by atoms with Gasteiger partial charge >= 0.3 is 0 Å². The average molecular weight is 394 g/mol. The molecule has 4 atom stereocenters. The van der Waals surface area contributed by atoms with E-state index in [4.69, 9.17) is 5.73 Å². The largest absolute Gasteiger partial charge is 0.384 e. The fourth-order valence-corrected chi connectivity index (χ4v) is 5.97. The minimum atomic E-state index is 0.151. The van der Waals surface area contributed by atoms with Gasteiger partial charge in [0.1, 0.15) is 12.4 Å². The number of nitrogens with zero attached hydrogens (tertiary/aromatic N) is 4. The highest BCUT2D eigenvalue weighted by Crippen LogP contribution is 2.44. The van der Waals surface area contributed by atoms with Crippen LogP contribution in [0.5, 0.6) is 0 Å². The molecule has 2 bridgehead atoms. The van der Waals surface area contributed by atoms with Crippen molar-refractivity contribution in [1.82, 2.24) is 19.6 Å². The first-order valence-corrected chi connectivity index (χ1v) is 11.0. The summed E-state index contributed by atoms with van der Waals surface area (Å²) in [5, 5.41) is 4.36. The Bertz CT molecular complexity index is 879. The van der Waals surface area contributed by atoms with E-state index in [0.29, 0.717) is 29.7 Å². The fourth-order valence-electron chi connectivity index (χ4n) is 5.97. The Morgan fingerprint density at radius 2 is 2.00 bits per heavy atom. The zero-order chi connectivity index (χ0) is 20.0. The van der Waals surface area contributed by atoms with Gasteiger partial charge in [0.15, 0.2) is 0 Å². The number of benzene rings is 1. The summed E-state index contributed by atoms with van der Waals surface area (Å²) in [5.74, 6) is 1.86. The first-order chi connectivity index (χ1) is 14.1. The monoisotopic (exact) mass is 393 g/mol. The summed E-state index contributed by atoms with van der Waals surface area (Å²) in [6.07, 6.45) is 5.04. The number of likely N-dealkylation sites (tertiary alicyclic amines) is 1. The first-order valence-electron chi connectivity index (χ1n) is 11.0. The summed E-state index contributed by atoms with van der Waals surface area (Å²) in [5.41, 5.74) is 8.30. The van der Waals surface area contributed by atoms with E-state index in [0.717, 1.165) is 25.3 Å². The average Bonchev–Trinajstić information content (AvgIpc) is 3.04. The van der Waals surface area contributed by atoms with Gasteiger partial charge in [-0.05, 0) is 50.0 Å². The van der Waals surface area contributed by atoms with Crippen molar-refractivity contribution < 1.29 is 4.79 Å². The standard InChI is InChI=1S/C23H31N5O/c1-16-10-22(24)28(25-16)15-23(29)26-12-17-11-19(14-26)21-9-5-8-20(27(21)13-17)18-6-3-2-4-7-18/h2-4,6-7,10,17,19-21H,5,8-9,11-15,24H2,1H3/t17-,19+,20+,21-/m0/s1. The lowest BCUT2D eigenvalue weighted by molar-refractivity contribution is -0.139. The highest BCUT2D eigenvalue weighted by atomic mass is 16.2. The normalized spacial score (nSPS) is 29.5. The number of hydrogen-bond acceptors (Lipinski definition) is 4. The summed E-state index contributed by atoms with van der Waals surface area (Å²) in [4.78, 5) is 17.9. The molecule has 1 aromatic carbocycles. The van der Waals surface area contributed by atoms with Crippen LogP contribution in [0.4, 0.5) is 5.82 Å². The maximum Gasteiger partial charge on any atom is 0.244 e. The quantitative estimate of drug-likeness (QED) is 0.871. The Morgan fingerprint density at radius 3 is 2.76 bits per heavy atom. The third-order valence-electron chi connectivity index (χ3n) is 7.14. The molecule has 4 heterocycles. The second-order valence-electron chi connectivity index (χ2n) is 9.15. The Balaban J connectivity index is 1.30. The predicted molar refractivity (Wildman–Crippen MR) is 113 cm³/mol. The molecule has 0 spiro atoms. The Hall–Kier alpha value is -2.34. The Morgan fingerprint density at radius 1 is 1.17 bits per heavy atom. The van der Waals surface area contributed by atoms with Gasteiger partial charge < -0.3 is 10.6 Å². The SMILES string of the molecule is Cc1cc(N)n(CC(=O)N2C[C@@H]3C[C@H](C2)[C@@H]2CCC[C@H](c4ccccc4)N2C3)n1. The van der Waals surface area contributed by atoms with Crippen LogP contribution in [-0.4, -0.2) is 51.2 Å². The van der Waals surface area contributed by atoms with Crippen molar-refractivity contribution in [3.8, 4) is 0 Å². The molecule has 6 nitrogen and oxygen atoms in total. The molecule has 29 heavy (non-hydrogen) atoms. The number of carbonyl (C=O) groups is 1. The summed E-state index contributed by atoms with van der Waals surface area (Å²) in [7, 11) is 0. The van der Waals surface area contributed by atoms with E-state index in [1.807, 2.05) is 13.0 Å². The van der Waals surface area contributed by atoms with E-state index in [1.54, 1.807) is 4.68 Å². The number of piperidine rings is 3. The van der Waals surface area contributed by atoms with E-state index in [-0.39, 0.29) is 12.5 Å². The molecule has 0 saturated carbocycles. The molecule has 6 heteroatoms. The molecule has 3 fully saturated rings. The number of rotatable bonds is 3. The summed E-state index contributed by atoms with van der Waals surface area (Å²) in [6, 6.07) is 13.9. The van der Waals surface area contributed by atoms with Crippen LogP contribution in [0.25, 0.3) is 0 Å². The zero-order valence-corrected chi connectivity index (χ0v) is 17.2. The topological polar surface area (TPSA) is 67.4 Å². The number of nitrogens with two attached hydrogens (primary N) is 1. The third-order valence-corrected chi connectivity index (χ3v) is 7.14. The minimum absolute atomic E-state index is 0.151. The third kappa shape index (κ3) is 3.54. The van der Waals surface area contributed by atoms with Crippen molar-refractivity contribution in [3.05, 3.63) is 47.7 Å². The predicted octanol–water partition coefficient (Wildman–Crippen LogP) is 2.85. The molecule has 3 aliphatic rings.